The van der Waals surface area contributed by atoms with Crippen molar-refractivity contribution in [3.63, 3.8) is 0 Å². The predicted octanol–water partition coefficient (Wildman–Crippen LogP) is 3.97. The Morgan fingerprint density at radius 3 is 2.61 bits per heavy atom. The number of hydrogen-bond donors (Lipinski definition) is 1. The molecule has 2 nitrogen and oxygen atoms in total. The average molecular weight is 247 g/mol. The molecule has 1 aromatic carbocycles. The van der Waals surface area contributed by atoms with Gasteiger partial charge in [0.2, 0.25) is 0 Å². The van der Waals surface area contributed by atoms with Crippen LogP contribution in [0.5, 0.6) is 5.75 Å². The van der Waals surface area contributed by atoms with Gasteiger partial charge >= 0.3 is 0 Å². The van der Waals surface area contributed by atoms with Gasteiger partial charge in [-0.15, -0.1) is 0 Å². The Morgan fingerprint density at radius 2 is 2.00 bits per heavy atom. The largest absolute Gasteiger partial charge is 0.493 e. The Hall–Kier alpha value is -1.02. The molecule has 0 amide bonds. The Balaban J connectivity index is 1.92. The van der Waals surface area contributed by atoms with E-state index in [4.69, 9.17) is 10.5 Å². The highest BCUT2D eigenvalue weighted by atomic mass is 16.5. The van der Waals surface area contributed by atoms with E-state index in [2.05, 4.69) is 25.1 Å². The van der Waals surface area contributed by atoms with E-state index in [-0.39, 0.29) is 6.04 Å². The maximum absolute atomic E-state index is 5.97. The summed E-state index contributed by atoms with van der Waals surface area (Å²) in [5.41, 5.74) is 8.26. The van der Waals surface area contributed by atoms with E-state index >= 15 is 0 Å². The second-order valence-electron chi connectivity index (χ2n) is 5.63. The highest BCUT2D eigenvalue weighted by Crippen LogP contribution is 2.26. The van der Waals surface area contributed by atoms with Gasteiger partial charge in [0.15, 0.2) is 0 Å². The fourth-order valence-corrected chi connectivity index (χ4v) is 2.68. The molecule has 1 saturated carbocycles. The van der Waals surface area contributed by atoms with E-state index in [1.807, 2.05) is 6.92 Å². The fourth-order valence-electron chi connectivity index (χ4n) is 2.68. The first-order valence-electron chi connectivity index (χ1n) is 7.15. The van der Waals surface area contributed by atoms with E-state index in [0.29, 0.717) is 0 Å². The molecule has 18 heavy (non-hydrogen) atoms. The molecular formula is C16H25NO. The van der Waals surface area contributed by atoms with Gasteiger partial charge in [0.25, 0.3) is 0 Å². The summed E-state index contributed by atoms with van der Waals surface area (Å²) in [5, 5.41) is 0. The normalized spacial score (nSPS) is 18.6. The van der Waals surface area contributed by atoms with Crippen LogP contribution in [0.25, 0.3) is 0 Å². The van der Waals surface area contributed by atoms with Crippen molar-refractivity contribution in [1.82, 2.24) is 0 Å². The van der Waals surface area contributed by atoms with Gasteiger partial charge in [-0.1, -0.05) is 31.4 Å². The first kappa shape index (κ1) is 13.4. The van der Waals surface area contributed by atoms with Crippen LogP contribution in [0.1, 0.15) is 56.2 Å². The number of rotatable bonds is 4. The summed E-state index contributed by atoms with van der Waals surface area (Å²) in [5.74, 6) is 1.77. The van der Waals surface area contributed by atoms with Crippen LogP contribution in [0.4, 0.5) is 0 Å². The molecule has 100 valence electrons. The Labute approximate surface area is 111 Å². The highest BCUT2D eigenvalue weighted by Gasteiger charge is 2.14. The molecule has 1 fully saturated rings. The maximum Gasteiger partial charge on any atom is 0.122 e. The summed E-state index contributed by atoms with van der Waals surface area (Å²) < 4.78 is 5.97. The molecule has 0 heterocycles. The van der Waals surface area contributed by atoms with Crippen molar-refractivity contribution >= 4 is 0 Å². The molecule has 2 N–H and O–H groups in total. The molecule has 1 atom stereocenters. The number of aryl methyl sites for hydroxylation is 1. The molecule has 0 radical (unpaired) electrons. The third-order valence-electron chi connectivity index (χ3n) is 3.92. The van der Waals surface area contributed by atoms with Crippen LogP contribution in [0.2, 0.25) is 0 Å². The molecule has 0 aromatic heterocycles. The van der Waals surface area contributed by atoms with E-state index < -0.39 is 0 Å². The lowest BCUT2D eigenvalue weighted by atomic mass is 9.90. The number of nitrogens with two attached hydrogens (primary N) is 1. The topological polar surface area (TPSA) is 35.2 Å². The summed E-state index contributed by atoms with van der Waals surface area (Å²) in [6, 6.07) is 6.38. The van der Waals surface area contributed by atoms with Crippen LogP contribution < -0.4 is 10.5 Å². The fraction of sp³-hybridized carbons (Fsp3) is 0.625. The first-order chi connectivity index (χ1) is 8.66. The molecule has 0 saturated heterocycles. The van der Waals surface area contributed by atoms with Gasteiger partial charge in [0.1, 0.15) is 5.75 Å². The second-order valence-corrected chi connectivity index (χ2v) is 5.63. The van der Waals surface area contributed by atoms with Crippen LogP contribution in [0.15, 0.2) is 18.2 Å². The van der Waals surface area contributed by atoms with Crippen LogP contribution in [0.3, 0.4) is 0 Å². The van der Waals surface area contributed by atoms with Gasteiger partial charge in [0.05, 0.1) is 6.61 Å². The van der Waals surface area contributed by atoms with Crippen molar-refractivity contribution < 1.29 is 4.74 Å². The average Bonchev–Trinajstić information content (AvgIpc) is 2.38. The summed E-state index contributed by atoms with van der Waals surface area (Å²) in [4.78, 5) is 0. The summed E-state index contributed by atoms with van der Waals surface area (Å²) in [6.07, 6.45) is 6.81. The van der Waals surface area contributed by atoms with Crippen molar-refractivity contribution in [3.05, 3.63) is 29.3 Å². The third kappa shape index (κ3) is 3.49. The summed E-state index contributed by atoms with van der Waals surface area (Å²) >= 11 is 0. The lowest BCUT2D eigenvalue weighted by Crippen LogP contribution is -2.15. The highest BCUT2D eigenvalue weighted by molar-refractivity contribution is 5.37. The minimum atomic E-state index is 0.0936. The Kier molecular flexibility index (Phi) is 4.65. The van der Waals surface area contributed by atoms with Gasteiger partial charge in [0, 0.05) is 6.04 Å². The zero-order valence-electron chi connectivity index (χ0n) is 11.6. The lowest BCUT2D eigenvalue weighted by Gasteiger charge is -2.22. The van der Waals surface area contributed by atoms with Gasteiger partial charge in [-0.3, -0.25) is 0 Å². The first-order valence-corrected chi connectivity index (χ1v) is 7.15. The van der Waals surface area contributed by atoms with Crippen LogP contribution >= 0.6 is 0 Å². The molecule has 0 bridgehead atoms. The molecule has 0 aliphatic heterocycles. The van der Waals surface area contributed by atoms with Crippen molar-refractivity contribution in [2.45, 2.75) is 52.0 Å². The molecular weight excluding hydrogens is 222 g/mol. The summed E-state index contributed by atoms with van der Waals surface area (Å²) in [6.45, 7) is 4.98. The molecule has 0 unspecified atom stereocenters. The van der Waals surface area contributed by atoms with Gasteiger partial charge in [-0.05, 0) is 49.8 Å². The van der Waals surface area contributed by atoms with Gasteiger partial charge in [-0.25, -0.2) is 0 Å². The van der Waals surface area contributed by atoms with E-state index in [1.165, 1.54) is 43.2 Å². The van der Waals surface area contributed by atoms with Crippen molar-refractivity contribution in [3.8, 4) is 5.75 Å². The van der Waals surface area contributed by atoms with E-state index in [9.17, 15) is 0 Å². The monoisotopic (exact) mass is 247 g/mol. The summed E-state index contributed by atoms with van der Waals surface area (Å²) in [7, 11) is 0. The van der Waals surface area contributed by atoms with Crippen molar-refractivity contribution in [2.75, 3.05) is 6.61 Å². The lowest BCUT2D eigenvalue weighted by molar-refractivity contribution is 0.208. The zero-order chi connectivity index (χ0) is 13.0. The van der Waals surface area contributed by atoms with Crippen LogP contribution in [-0.2, 0) is 0 Å². The van der Waals surface area contributed by atoms with Crippen LogP contribution in [-0.4, -0.2) is 6.61 Å². The molecule has 1 aromatic rings. The van der Waals surface area contributed by atoms with Gasteiger partial charge in [-0.2, -0.15) is 0 Å². The SMILES string of the molecule is Cc1cc([C@H](C)N)ccc1OCC1CCCCC1. The standard InChI is InChI=1S/C16H25NO/c1-12-10-15(13(2)17)8-9-16(12)18-11-14-6-4-3-5-7-14/h8-10,13-14H,3-7,11,17H2,1-2H3/t13-/m0/s1. The number of benzene rings is 1. The number of ether oxygens (including phenoxy) is 1. The smallest absolute Gasteiger partial charge is 0.122 e. The Morgan fingerprint density at radius 1 is 1.28 bits per heavy atom. The van der Waals surface area contributed by atoms with Crippen molar-refractivity contribution in [1.29, 1.82) is 0 Å². The molecule has 2 rings (SSSR count). The quantitative estimate of drug-likeness (QED) is 0.873. The molecule has 2 heteroatoms. The maximum atomic E-state index is 5.97. The van der Waals surface area contributed by atoms with Crippen molar-refractivity contribution in [2.24, 2.45) is 11.7 Å². The minimum Gasteiger partial charge on any atom is -0.493 e. The zero-order valence-corrected chi connectivity index (χ0v) is 11.6. The number of hydrogen-bond acceptors (Lipinski definition) is 2. The minimum absolute atomic E-state index is 0.0936. The third-order valence-corrected chi connectivity index (χ3v) is 3.92. The van der Waals surface area contributed by atoms with E-state index in [1.54, 1.807) is 0 Å². The predicted molar refractivity (Wildman–Crippen MR) is 75.9 cm³/mol. The van der Waals surface area contributed by atoms with Crippen LogP contribution in [0, 0.1) is 12.8 Å². The molecule has 0 spiro atoms. The Bertz CT molecular complexity index is 381. The van der Waals surface area contributed by atoms with E-state index in [0.717, 1.165) is 18.3 Å². The molecule has 1 aliphatic carbocycles. The van der Waals surface area contributed by atoms with Gasteiger partial charge < -0.3 is 10.5 Å². The molecule has 1 aliphatic rings. The second kappa shape index (κ2) is 6.24.